The fourth-order valence-corrected chi connectivity index (χ4v) is 10.7. The Morgan fingerprint density at radius 3 is 1.43 bits per heavy atom. The summed E-state index contributed by atoms with van der Waals surface area (Å²) < 4.78 is 0. The summed E-state index contributed by atoms with van der Waals surface area (Å²) in [5.74, 6) is 0.712. The van der Waals surface area contributed by atoms with Gasteiger partial charge in [-0.15, -0.1) is 0 Å². The summed E-state index contributed by atoms with van der Waals surface area (Å²) in [5.41, 5.74) is 17.6. The van der Waals surface area contributed by atoms with Crippen molar-refractivity contribution in [3.8, 4) is 67.3 Å². The van der Waals surface area contributed by atoms with Crippen LogP contribution in [0.3, 0.4) is 0 Å². The molecule has 1 heterocycles. The van der Waals surface area contributed by atoms with Crippen molar-refractivity contribution in [3.63, 3.8) is 0 Å². The summed E-state index contributed by atoms with van der Waals surface area (Å²) in [4.78, 5) is 10.5. The highest BCUT2D eigenvalue weighted by atomic mass is 14.9. The van der Waals surface area contributed by atoms with Gasteiger partial charge < -0.3 is 0 Å². The van der Waals surface area contributed by atoms with Crippen molar-refractivity contribution in [1.82, 2.24) is 9.97 Å². The van der Waals surface area contributed by atoms with E-state index in [4.69, 9.17) is 9.97 Å². The zero-order chi connectivity index (χ0) is 40.1. The zero-order valence-corrected chi connectivity index (χ0v) is 33.2. The standard InChI is InChI=1S/C59H36N2/c1-3-16-37(17-4-1)55-36-56(61-58(60-55)38-18-5-2-6-19-38)48-26-15-25-47-42-21-8-7-20-41(42)43-32-30-39(35-50(43)57(47)48)40-31-33-54-49(34-40)46-24-11-14-29-53(46)59(54)51-27-12-9-22-44(51)45-23-10-13-28-52(45)59/h1-36H. The molecule has 282 valence electrons. The van der Waals surface area contributed by atoms with Gasteiger partial charge in [-0.2, -0.15) is 0 Å². The quantitative estimate of drug-likeness (QED) is 0.167. The van der Waals surface area contributed by atoms with Gasteiger partial charge in [0, 0.05) is 16.7 Å². The van der Waals surface area contributed by atoms with E-state index in [1.54, 1.807) is 0 Å². The lowest BCUT2D eigenvalue weighted by molar-refractivity contribution is 0.794. The largest absolute Gasteiger partial charge is 0.228 e. The van der Waals surface area contributed by atoms with E-state index in [1.807, 2.05) is 12.1 Å². The van der Waals surface area contributed by atoms with Crippen molar-refractivity contribution in [3.05, 3.63) is 241 Å². The molecule has 0 aliphatic heterocycles. The molecule has 0 radical (unpaired) electrons. The molecule has 1 aromatic heterocycles. The van der Waals surface area contributed by atoms with Gasteiger partial charge in [0.05, 0.1) is 16.8 Å². The third-order valence-electron chi connectivity index (χ3n) is 13.3. The summed E-state index contributed by atoms with van der Waals surface area (Å²) in [6.45, 7) is 0. The molecule has 0 atom stereocenters. The first-order chi connectivity index (χ1) is 30.3. The van der Waals surface area contributed by atoms with Crippen LogP contribution in [0.4, 0.5) is 0 Å². The van der Waals surface area contributed by atoms with Gasteiger partial charge in [0.25, 0.3) is 0 Å². The SMILES string of the molecule is c1ccc(-c2cc(-c3cccc4c5ccccc5c5ccc(-c6ccc7c(c6)-c6ccccc6C76c7ccccc7-c7ccccc76)cc5c34)nc(-c3ccccc3)n2)cc1. The van der Waals surface area contributed by atoms with Gasteiger partial charge >= 0.3 is 0 Å². The van der Waals surface area contributed by atoms with Gasteiger partial charge in [-0.1, -0.05) is 200 Å². The van der Waals surface area contributed by atoms with E-state index in [0.717, 1.165) is 28.1 Å². The highest BCUT2D eigenvalue weighted by Gasteiger charge is 2.51. The van der Waals surface area contributed by atoms with Gasteiger partial charge in [0.2, 0.25) is 0 Å². The molecule has 11 aromatic rings. The minimum absolute atomic E-state index is 0.361. The molecule has 0 saturated heterocycles. The Bertz CT molecular complexity index is 3480. The summed E-state index contributed by atoms with van der Waals surface area (Å²) in [6, 6.07) is 79.8. The summed E-state index contributed by atoms with van der Waals surface area (Å²) >= 11 is 0. The fourth-order valence-electron chi connectivity index (χ4n) is 10.7. The third kappa shape index (κ3) is 4.85. The molecule has 0 fully saturated rings. The Morgan fingerprint density at radius 2 is 0.738 bits per heavy atom. The molecular formula is C59H36N2. The Balaban J connectivity index is 1.06. The molecule has 13 rings (SSSR count). The van der Waals surface area contributed by atoms with Gasteiger partial charge in [-0.05, 0) is 106 Å². The Morgan fingerprint density at radius 1 is 0.262 bits per heavy atom. The van der Waals surface area contributed by atoms with Crippen LogP contribution in [0.5, 0.6) is 0 Å². The molecule has 2 aliphatic carbocycles. The molecule has 10 aromatic carbocycles. The molecule has 2 aliphatic rings. The normalized spacial score (nSPS) is 13.0. The van der Waals surface area contributed by atoms with Gasteiger partial charge in [0.15, 0.2) is 5.82 Å². The van der Waals surface area contributed by atoms with Crippen LogP contribution >= 0.6 is 0 Å². The predicted molar refractivity (Wildman–Crippen MR) is 253 cm³/mol. The summed E-state index contributed by atoms with van der Waals surface area (Å²) in [7, 11) is 0. The molecule has 0 bridgehead atoms. The van der Waals surface area contributed by atoms with E-state index in [1.165, 1.54) is 88.0 Å². The molecule has 0 amide bonds. The Hall–Kier alpha value is -7.94. The number of benzene rings is 10. The fraction of sp³-hybridized carbons (Fsp3) is 0.0169. The first-order valence-corrected chi connectivity index (χ1v) is 21.1. The monoisotopic (exact) mass is 772 g/mol. The van der Waals surface area contributed by atoms with Crippen LogP contribution in [0.2, 0.25) is 0 Å². The topological polar surface area (TPSA) is 25.8 Å². The van der Waals surface area contributed by atoms with Crippen molar-refractivity contribution in [2.45, 2.75) is 5.41 Å². The number of nitrogens with zero attached hydrogens (tertiary/aromatic N) is 2. The smallest absolute Gasteiger partial charge is 0.160 e. The van der Waals surface area contributed by atoms with Crippen molar-refractivity contribution in [2.75, 3.05) is 0 Å². The first-order valence-electron chi connectivity index (χ1n) is 21.1. The van der Waals surface area contributed by atoms with Crippen LogP contribution in [-0.4, -0.2) is 9.97 Å². The lowest BCUT2D eigenvalue weighted by Gasteiger charge is -2.30. The van der Waals surface area contributed by atoms with Crippen LogP contribution in [0.15, 0.2) is 218 Å². The molecule has 0 saturated carbocycles. The molecule has 0 unspecified atom stereocenters. The average Bonchev–Trinajstić information content (AvgIpc) is 3.81. The van der Waals surface area contributed by atoms with Crippen LogP contribution < -0.4 is 0 Å². The maximum Gasteiger partial charge on any atom is 0.160 e. The molecule has 1 spiro atoms. The number of rotatable bonds is 4. The number of hydrogen-bond donors (Lipinski definition) is 0. The van der Waals surface area contributed by atoms with Crippen LogP contribution in [0, 0.1) is 0 Å². The van der Waals surface area contributed by atoms with E-state index in [2.05, 4.69) is 206 Å². The van der Waals surface area contributed by atoms with Gasteiger partial charge in [-0.25, -0.2) is 9.97 Å². The number of aromatic nitrogens is 2. The highest BCUT2D eigenvalue weighted by molar-refractivity contribution is 6.28. The maximum absolute atomic E-state index is 5.33. The van der Waals surface area contributed by atoms with E-state index in [9.17, 15) is 0 Å². The highest BCUT2D eigenvalue weighted by Crippen LogP contribution is 2.63. The second-order valence-corrected chi connectivity index (χ2v) is 16.4. The van der Waals surface area contributed by atoms with Crippen molar-refractivity contribution < 1.29 is 0 Å². The first kappa shape index (κ1) is 34.0. The van der Waals surface area contributed by atoms with Crippen LogP contribution in [0.1, 0.15) is 22.3 Å². The predicted octanol–water partition coefficient (Wildman–Crippen LogP) is 14.9. The molecule has 2 heteroatoms. The average molecular weight is 773 g/mol. The molecule has 2 nitrogen and oxygen atoms in total. The summed E-state index contributed by atoms with van der Waals surface area (Å²) in [5, 5.41) is 7.32. The Labute approximate surface area is 354 Å². The Kier molecular flexibility index (Phi) is 7.26. The lowest BCUT2D eigenvalue weighted by atomic mass is 9.70. The second kappa shape index (κ2) is 13.0. The van der Waals surface area contributed by atoms with Crippen molar-refractivity contribution in [2.24, 2.45) is 0 Å². The number of fused-ring (bicyclic) bond motifs is 16. The lowest BCUT2D eigenvalue weighted by Crippen LogP contribution is -2.25. The molecule has 0 N–H and O–H groups in total. The van der Waals surface area contributed by atoms with Crippen LogP contribution in [-0.2, 0) is 5.41 Å². The van der Waals surface area contributed by atoms with Crippen molar-refractivity contribution >= 4 is 32.3 Å². The van der Waals surface area contributed by atoms with Gasteiger partial charge in [-0.3, -0.25) is 0 Å². The van der Waals surface area contributed by atoms with Crippen LogP contribution in [0.25, 0.3) is 99.6 Å². The van der Waals surface area contributed by atoms with E-state index in [0.29, 0.717) is 5.82 Å². The molecular weight excluding hydrogens is 737 g/mol. The van der Waals surface area contributed by atoms with E-state index in [-0.39, 0.29) is 5.41 Å². The van der Waals surface area contributed by atoms with E-state index < -0.39 is 0 Å². The maximum atomic E-state index is 5.33. The van der Waals surface area contributed by atoms with Gasteiger partial charge in [0.1, 0.15) is 0 Å². The van der Waals surface area contributed by atoms with Crippen molar-refractivity contribution in [1.29, 1.82) is 0 Å². The third-order valence-corrected chi connectivity index (χ3v) is 13.3. The minimum atomic E-state index is -0.361. The zero-order valence-electron chi connectivity index (χ0n) is 33.2. The second-order valence-electron chi connectivity index (χ2n) is 16.4. The van der Waals surface area contributed by atoms with E-state index >= 15 is 0 Å². The minimum Gasteiger partial charge on any atom is -0.228 e. The molecule has 61 heavy (non-hydrogen) atoms. The number of hydrogen-bond acceptors (Lipinski definition) is 2. The summed E-state index contributed by atoms with van der Waals surface area (Å²) in [6.07, 6.45) is 0.